The number of rotatable bonds is 1. The minimum Gasteiger partial charge on any atom is -0.219 e. The predicted octanol–water partition coefficient (Wildman–Crippen LogP) is 2.26. The number of nitrogens with zero attached hydrogens (tertiary/aromatic N) is 3. The van der Waals surface area contributed by atoms with Crippen LogP contribution >= 0.6 is 11.6 Å². The third-order valence-corrected chi connectivity index (χ3v) is 2.48. The quantitative estimate of drug-likeness (QED) is 0.696. The molecule has 0 atom stereocenters. The third kappa shape index (κ3) is 1.20. The van der Waals surface area contributed by atoms with E-state index in [0.717, 1.165) is 11.5 Å². The van der Waals surface area contributed by atoms with Gasteiger partial charge in [-0.15, -0.1) is 0 Å². The summed E-state index contributed by atoms with van der Waals surface area (Å²) in [5, 5.41) is 5.05. The van der Waals surface area contributed by atoms with Crippen LogP contribution in [0.25, 0.3) is 5.65 Å². The molecular formula is C9H8ClN3. The second-order valence-electron chi connectivity index (χ2n) is 3.39. The predicted molar refractivity (Wildman–Crippen MR) is 50.0 cm³/mol. The molecule has 0 aliphatic heterocycles. The first-order valence-corrected chi connectivity index (χ1v) is 4.72. The van der Waals surface area contributed by atoms with Gasteiger partial charge in [-0.25, -0.2) is 9.50 Å². The lowest BCUT2D eigenvalue weighted by Gasteiger charge is -1.89. The number of fused-ring (bicyclic) bond motifs is 1. The Morgan fingerprint density at radius 2 is 2.23 bits per heavy atom. The average molecular weight is 194 g/mol. The van der Waals surface area contributed by atoms with Crippen molar-refractivity contribution in [2.24, 2.45) is 0 Å². The van der Waals surface area contributed by atoms with Crippen molar-refractivity contribution in [1.29, 1.82) is 0 Å². The number of halogens is 1. The molecule has 1 fully saturated rings. The van der Waals surface area contributed by atoms with Gasteiger partial charge in [0.25, 0.3) is 0 Å². The van der Waals surface area contributed by atoms with Crippen LogP contribution in [-0.4, -0.2) is 14.6 Å². The molecule has 4 heteroatoms. The molecule has 2 heterocycles. The van der Waals surface area contributed by atoms with Crippen molar-refractivity contribution < 1.29 is 0 Å². The SMILES string of the molecule is Clc1ccc2nc(C3CC3)nn2c1. The van der Waals surface area contributed by atoms with Gasteiger partial charge in [0, 0.05) is 12.1 Å². The largest absolute Gasteiger partial charge is 0.219 e. The summed E-state index contributed by atoms with van der Waals surface area (Å²) >= 11 is 5.83. The third-order valence-electron chi connectivity index (χ3n) is 2.25. The van der Waals surface area contributed by atoms with Crippen molar-refractivity contribution >= 4 is 17.2 Å². The Hall–Kier alpha value is -1.09. The van der Waals surface area contributed by atoms with E-state index in [9.17, 15) is 0 Å². The Labute approximate surface area is 80.3 Å². The van der Waals surface area contributed by atoms with Crippen LogP contribution in [0.2, 0.25) is 5.02 Å². The molecule has 0 unspecified atom stereocenters. The molecule has 66 valence electrons. The average Bonchev–Trinajstić information content (AvgIpc) is 2.87. The van der Waals surface area contributed by atoms with Gasteiger partial charge in [0.1, 0.15) is 0 Å². The van der Waals surface area contributed by atoms with E-state index in [2.05, 4.69) is 10.1 Å². The first kappa shape index (κ1) is 7.33. The van der Waals surface area contributed by atoms with Crippen molar-refractivity contribution in [3.63, 3.8) is 0 Å². The van der Waals surface area contributed by atoms with Crippen molar-refractivity contribution in [2.45, 2.75) is 18.8 Å². The molecule has 0 N–H and O–H groups in total. The van der Waals surface area contributed by atoms with E-state index < -0.39 is 0 Å². The summed E-state index contributed by atoms with van der Waals surface area (Å²) in [5.41, 5.74) is 0.881. The van der Waals surface area contributed by atoms with Gasteiger partial charge in [-0.1, -0.05) is 11.6 Å². The van der Waals surface area contributed by atoms with Gasteiger partial charge >= 0.3 is 0 Å². The summed E-state index contributed by atoms with van der Waals surface area (Å²) in [5.74, 6) is 1.56. The zero-order valence-corrected chi connectivity index (χ0v) is 7.70. The fourth-order valence-electron chi connectivity index (χ4n) is 1.39. The highest BCUT2D eigenvalue weighted by Gasteiger charge is 2.27. The molecular weight excluding hydrogens is 186 g/mol. The van der Waals surface area contributed by atoms with Crippen LogP contribution < -0.4 is 0 Å². The van der Waals surface area contributed by atoms with Gasteiger partial charge < -0.3 is 0 Å². The van der Waals surface area contributed by atoms with Crippen molar-refractivity contribution in [1.82, 2.24) is 14.6 Å². The monoisotopic (exact) mass is 193 g/mol. The number of pyridine rings is 1. The Morgan fingerprint density at radius 1 is 1.38 bits per heavy atom. The summed E-state index contributed by atoms with van der Waals surface area (Å²) in [6, 6.07) is 3.73. The molecule has 3 nitrogen and oxygen atoms in total. The Bertz CT molecular complexity index is 459. The summed E-state index contributed by atoms with van der Waals surface area (Å²) in [7, 11) is 0. The molecule has 1 aliphatic carbocycles. The molecule has 0 radical (unpaired) electrons. The van der Waals surface area contributed by atoms with E-state index in [1.165, 1.54) is 12.8 Å². The van der Waals surface area contributed by atoms with Gasteiger partial charge in [-0.05, 0) is 25.0 Å². The van der Waals surface area contributed by atoms with Crippen LogP contribution in [0, 0.1) is 0 Å². The van der Waals surface area contributed by atoms with Gasteiger partial charge in [0.15, 0.2) is 11.5 Å². The lowest BCUT2D eigenvalue weighted by molar-refractivity contribution is 0.878. The summed E-state index contributed by atoms with van der Waals surface area (Å²) in [6.07, 6.45) is 4.24. The maximum Gasteiger partial charge on any atom is 0.155 e. The molecule has 0 bridgehead atoms. The zero-order chi connectivity index (χ0) is 8.84. The van der Waals surface area contributed by atoms with Crippen molar-refractivity contribution in [2.75, 3.05) is 0 Å². The standard InChI is InChI=1S/C9H8ClN3/c10-7-3-4-8-11-9(6-1-2-6)12-13(8)5-7/h3-6H,1-2H2. The van der Waals surface area contributed by atoms with Gasteiger partial charge in [0.2, 0.25) is 0 Å². The molecule has 2 aromatic heterocycles. The fourth-order valence-corrected chi connectivity index (χ4v) is 1.55. The number of hydrogen-bond acceptors (Lipinski definition) is 2. The van der Waals surface area contributed by atoms with Crippen LogP contribution in [0.4, 0.5) is 0 Å². The molecule has 1 saturated carbocycles. The molecule has 0 amide bonds. The van der Waals surface area contributed by atoms with Crippen LogP contribution in [0.5, 0.6) is 0 Å². The maximum atomic E-state index is 5.83. The number of hydrogen-bond donors (Lipinski definition) is 0. The van der Waals surface area contributed by atoms with E-state index in [1.807, 2.05) is 12.1 Å². The highest BCUT2D eigenvalue weighted by atomic mass is 35.5. The minimum atomic E-state index is 0.596. The van der Waals surface area contributed by atoms with E-state index in [4.69, 9.17) is 11.6 Å². The molecule has 13 heavy (non-hydrogen) atoms. The summed E-state index contributed by atoms with van der Waals surface area (Å²) < 4.78 is 1.75. The van der Waals surface area contributed by atoms with Crippen LogP contribution in [0.3, 0.4) is 0 Å². The molecule has 1 aliphatic rings. The molecule has 2 aromatic rings. The van der Waals surface area contributed by atoms with Crippen LogP contribution in [0.1, 0.15) is 24.6 Å². The van der Waals surface area contributed by atoms with Crippen LogP contribution in [0.15, 0.2) is 18.3 Å². The zero-order valence-electron chi connectivity index (χ0n) is 6.94. The fraction of sp³-hybridized carbons (Fsp3) is 0.333. The van der Waals surface area contributed by atoms with Gasteiger partial charge in [-0.2, -0.15) is 5.10 Å². The lowest BCUT2D eigenvalue weighted by Crippen LogP contribution is -1.86. The van der Waals surface area contributed by atoms with E-state index in [0.29, 0.717) is 10.9 Å². The van der Waals surface area contributed by atoms with E-state index >= 15 is 0 Å². The van der Waals surface area contributed by atoms with Crippen LogP contribution in [-0.2, 0) is 0 Å². The van der Waals surface area contributed by atoms with E-state index in [-0.39, 0.29) is 0 Å². The van der Waals surface area contributed by atoms with Crippen molar-refractivity contribution in [3.05, 3.63) is 29.2 Å². The second kappa shape index (κ2) is 2.45. The second-order valence-corrected chi connectivity index (χ2v) is 3.83. The molecule has 0 spiro atoms. The topological polar surface area (TPSA) is 30.2 Å². The first-order valence-electron chi connectivity index (χ1n) is 4.35. The smallest absolute Gasteiger partial charge is 0.155 e. The molecule has 0 aromatic carbocycles. The first-order chi connectivity index (χ1) is 6.33. The van der Waals surface area contributed by atoms with Gasteiger partial charge in [-0.3, -0.25) is 0 Å². The summed E-state index contributed by atoms with van der Waals surface area (Å²) in [4.78, 5) is 4.41. The maximum absolute atomic E-state index is 5.83. The summed E-state index contributed by atoms with van der Waals surface area (Å²) in [6.45, 7) is 0. The highest BCUT2D eigenvalue weighted by Crippen LogP contribution is 2.38. The Morgan fingerprint density at radius 3 is 3.00 bits per heavy atom. The minimum absolute atomic E-state index is 0.596. The van der Waals surface area contributed by atoms with Crippen molar-refractivity contribution in [3.8, 4) is 0 Å². The number of aromatic nitrogens is 3. The molecule has 0 saturated heterocycles. The normalized spacial score (nSPS) is 16.7. The van der Waals surface area contributed by atoms with E-state index in [1.54, 1.807) is 10.7 Å². The Balaban J connectivity index is 2.20. The Kier molecular flexibility index (Phi) is 1.38. The van der Waals surface area contributed by atoms with Gasteiger partial charge in [0.05, 0.1) is 5.02 Å². The molecule has 3 rings (SSSR count). The lowest BCUT2D eigenvalue weighted by atomic mass is 10.4. The highest BCUT2D eigenvalue weighted by molar-refractivity contribution is 6.30.